The second kappa shape index (κ2) is 4.98. The molecule has 5 heteroatoms. The molecule has 0 aromatic carbocycles. The van der Waals surface area contributed by atoms with Gasteiger partial charge in [0.2, 0.25) is 5.88 Å². The Morgan fingerprint density at radius 3 is 2.59 bits per heavy atom. The number of aromatic nitrogens is 2. The molecule has 1 aliphatic rings. The Bertz CT molecular complexity index is 377. The number of hydrazine groups is 1. The van der Waals surface area contributed by atoms with E-state index in [1.165, 1.54) is 12.8 Å². The monoisotopic (exact) mass is 236 g/mol. The summed E-state index contributed by atoms with van der Waals surface area (Å²) in [4.78, 5) is 8.57. The first kappa shape index (κ1) is 12.3. The van der Waals surface area contributed by atoms with E-state index < -0.39 is 0 Å². The number of nitrogens with two attached hydrogens (primary N) is 1. The van der Waals surface area contributed by atoms with Crippen LogP contribution in [0, 0.1) is 5.41 Å². The fraction of sp³-hybridized carbons (Fsp3) is 0.667. The highest BCUT2D eigenvalue weighted by Crippen LogP contribution is 2.47. The normalized spacial score (nSPS) is 20.2. The summed E-state index contributed by atoms with van der Waals surface area (Å²) in [5.41, 5.74) is 3.84. The molecule has 5 nitrogen and oxygen atoms in total. The lowest BCUT2D eigenvalue weighted by Crippen LogP contribution is -2.39. The molecule has 1 heterocycles. The lowest BCUT2D eigenvalue weighted by atomic mass is 9.79. The first-order valence-electron chi connectivity index (χ1n) is 6.02. The molecule has 0 aliphatic heterocycles. The SMILES string of the molecule is COc1nccnc1C(NN)C1(C)CCCC1. The van der Waals surface area contributed by atoms with Crippen LogP contribution in [-0.2, 0) is 0 Å². The summed E-state index contributed by atoms with van der Waals surface area (Å²) >= 11 is 0. The van der Waals surface area contributed by atoms with Crippen molar-refractivity contribution in [3.63, 3.8) is 0 Å². The van der Waals surface area contributed by atoms with E-state index in [0.29, 0.717) is 5.88 Å². The Morgan fingerprint density at radius 1 is 1.35 bits per heavy atom. The van der Waals surface area contributed by atoms with Crippen molar-refractivity contribution in [1.82, 2.24) is 15.4 Å². The van der Waals surface area contributed by atoms with Crippen LogP contribution in [0.3, 0.4) is 0 Å². The first-order valence-corrected chi connectivity index (χ1v) is 6.02. The standard InChI is InChI=1S/C12H20N4O/c1-12(5-3-4-6-12)10(16-13)9-11(17-2)15-8-7-14-9/h7-8,10,16H,3-6,13H2,1-2H3. The zero-order valence-corrected chi connectivity index (χ0v) is 10.4. The minimum Gasteiger partial charge on any atom is -0.480 e. The maximum Gasteiger partial charge on any atom is 0.237 e. The quantitative estimate of drug-likeness (QED) is 0.613. The molecular weight excluding hydrogens is 216 g/mol. The van der Waals surface area contributed by atoms with Gasteiger partial charge >= 0.3 is 0 Å². The van der Waals surface area contributed by atoms with E-state index in [4.69, 9.17) is 10.6 Å². The molecule has 1 saturated carbocycles. The molecule has 1 fully saturated rings. The van der Waals surface area contributed by atoms with E-state index in [0.717, 1.165) is 18.5 Å². The highest BCUT2D eigenvalue weighted by molar-refractivity contribution is 5.23. The molecule has 0 spiro atoms. The lowest BCUT2D eigenvalue weighted by molar-refractivity contribution is 0.213. The van der Waals surface area contributed by atoms with Gasteiger partial charge in [0.1, 0.15) is 5.69 Å². The molecule has 17 heavy (non-hydrogen) atoms. The highest BCUT2D eigenvalue weighted by atomic mass is 16.5. The van der Waals surface area contributed by atoms with Gasteiger partial charge < -0.3 is 4.74 Å². The Balaban J connectivity index is 2.34. The van der Waals surface area contributed by atoms with E-state index in [-0.39, 0.29) is 11.5 Å². The molecule has 3 N–H and O–H groups in total. The zero-order chi connectivity index (χ0) is 12.3. The summed E-state index contributed by atoms with van der Waals surface area (Å²) < 4.78 is 5.26. The van der Waals surface area contributed by atoms with Gasteiger partial charge in [0.15, 0.2) is 0 Å². The molecule has 0 amide bonds. The number of nitrogens with one attached hydrogen (secondary N) is 1. The highest BCUT2D eigenvalue weighted by Gasteiger charge is 2.39. The molecule has 0 radical (unpaired) electrons. The summed E-state index contributed by atoms with van der Waals surface area (Å²) in [6, 6.07) is -0.00588. The van der Waals surface area contributed by atoms with Crippen LogP contribution in [0.1, 0.15) is 44.3 Å². The van der Waals surface area contributed by atoms with Crippen LogP contribution in [0.4, 0.5) is 0 Å². The second-order valence-electron chi connectivity index (χ2n) is 4.91. The fourth-order valence-corrected chi connectivity index (χ4v) is 2.77. The average Bonchev–Trinajstić information content (AvgIpc) is 2.78. The van der Waals surface area contributed by atoms with Crippen LogP contribution in [0.25, 0.3) is 0 Å². The molecule has 0 bridgehead atoms. The molecule has 1 aromatic heterocycles. The van der Waals surface area contributed by atoms with Gasteiger partial charge in [-0.1, -0.05) is 19.8 Å². The molecule has 1 unspecified atom stereocenters. The van der Waals surface area contributed by atoms with Gasteiger partial charge in [0.25, 0.3) is 0 Å². The summed E-state index contributed by atoms with van der Waals surface area (Å²) in [5.74, 6) is 6.28. The van der Waals surface area contributed by atoms with Crippen LogP contribution in [0.5, 0.6) is 5.88 Å². The largest absolute Gasteiger partial charge is 0.480 e. The Labute approximate surface area is 102 Å². The predicted molar refractivity (Wildman–Crippen MR) is 65.2 cm³/mol. The van der Waals surface area contributed by atoms with Gasteiger partial charge in [-0.25, -0.2) is 4.98 Å². The maximum atomic E-state index is 5.72. The Hall–Kier alpha value is -1.20. The molecule has 94 valence electrons. The molecule has 0 saturated heterocycles. The van der Waals surface area contributed by atoms with Crippen molar-refractivity contribution in [2.45, 2.75) is 38.6 Å². The maximum absolute atomic E-state index is 5.72. The third kappa shape index (κ3) is 2.25. The minimum atomic E-state index is -0.00588. The van der Waals surface area contributed by atoms with E-state index in [2.05, 4.69) is 22.3 Å². The van der Waals surface area contributed by atoms with Crippen LogP contribution < -0.4 is 16.0 Å². The van der Waals surface area contributed by atoms with Gasteiger partial charge in [0, 0.05) is 12.4 Å². The Kier molecular flexibility index (Phi) is 3.59. The van der Waals surface area contributed by atoms with Crippen molar-refractivity contribution in [2.24, 2.45) is 11.3 Å². The van der Waals surface area contributed by atoms with E-state index in [1.807, 2.05) is 0 Å². The van der Waals surface area contributed by atoms with Crippen molar-refractivity contribution < 1.29 is 4.74 Å². The average molecular weight is 236 g/mol. The van der Waals surface area contributed by atoms with Crippen molar-refractivity contribution >= 4 is 0 Å². The van der Waals surface area contributed by atoms with Crippen LogP contribution >= 0.6 is 0 Å². The van der Waals surface area contributed by atoms with Gasteiger partial charge in [-0.2, -0.15) is 0 Å². The van der Waals surface area contributed by atoms with E-state index >= 15 is 0 Å². The molecule has 2 rings (SSSR count). The lowest BCUT2D eigenvalue weighted by Gasteiger charge is -2.33. The van der Waals surface area contributed by atoms with Crippen molar-refractivity contribution in [1.29, 1.82) is 0 Å². The van der Waals surface area contributed by atoms with Crippen LogP contribution in [0.15, 0.2) is 12.4 Å². The topological polar surface area (TPSA) is 73.1 Å². The zero-order valence-electron chi connectivity index (χ0n) is 10.4. The smallest absolute Gasteiger partial charge is 0.237 e. The summed E-state index contributed by atoms with van der Waals surface area (Å²) in [5, 5.41) is 0. The van der Waals surface area contributed by atoms with Gasteiger partial charge in [-0.3, -0.25) is 16.3 Å². The van der Waals surface area contributed by atoms with Crippen LogP contribution in [-0.4, -0.2) is 17.1 Å². The minimum absolute atomic E-state index is 0.00588. The number of hydrogen-bond donors (Lipinski definition) is 2. The number of hydrogen-bond acceptors (Lipinski definition) is 5. The number of rotatable bonds is 4. The van der Waals surface area contributed by atoms with Crippen molar-refractivity contribution in [2.75, 3.05) is 7.11 Å². The molecular formula is C12H20N4O. The Morgan fingerprint density at radius 2 is 2.00 bits per heavy atom. The number of ether oxygens (including phenoxy) is 1. The van der Waals surface area contributed by atoms with Crippen molar-refractivity contribution in [3.05, 3.63) is 18.1 Å². The van der Waals surface area contributed by atoms with Gasteiger partial charge in [-0.15, -0.1) is 0 Å². The molecule has 1 aliphatic carbocycles. The van der Waals surface area contributed by atoms with E-state index in [9.17, 15) is 0 Å². The van der Waals surface area contributed by atoms with Crippen LogP contribution in [0.2, 0.25) is 0 Å². The number of methoxy groups -OCH3 is 1. The van der Waals surface area contributed by atoms with Gasteiger partial charge in [-0.05, 0) is 18.3 Å². The second-order valence-corrected chi connectivity index (χ2v) is 4.91. The predicted octanol–water partition coefficient (Wildman–Crippen LogP) is 1.57. The molecule has 1 aromatic rings. The van der Waals surface area contributed by atoms with Gasteiger partial charge in [0.05, 0.1) is 13.2 Å². The fourth-order valence-electron chi connectivity index (χ4n) is 2.77. The summed E-state index contributed by atoms with van der Waals surface area (Å²) in [7, 11) is 1.61. The summed E-state index contributed by atoms with van der Waals surface area (Å²) in [6.45, 7) is 2.25. The van der Waals surface area contributed by atoms with E-state index in [1.54, 1.807) is 19.5 Å². The third-order valence-corrected chi connectivity index (χ3v) is 3.77. The van der Waals surface area contributed by atoms with Crippen molar-refractivity contribution in [3.8, 4) is 5.88 Å². The molecule has 1 atom stereocenters. The number of nitrogens with zero attached hydrogens (tertiary/aromatic N) is 2. The third-order valence-electron chi connectivity index (χ3n) is 3.77. The first-order chi connectivity index (χ1) is 8.21. The summed E-state index contributed by atoms with van der Waals surface area (Å²) in [6.07, 6.45) is 8.12.